The van der Waals surface area contributed by atoms with Crippen molar-refractivity contribution in [2.75, 3.05) is 12.0 Å². The Kier molecular flexibility index (Phi) is 2.72. The number of rotatable bonds is 3. The third-order valence-electron chi connectivity index (χ3n) is 2.04. The van der Waals surface area contributed by atoms with Crippen LogP contribution in [0, 0.1) is 5.82 Å². The van der Waals surface area contributed by atoms with Crippen molar-refractivity contribution in [1.29, 1.82) is 0 Å². The van der Waals surface area contributed by atoms with Crippen LogP contribution in [0.2, 0.25) is 0 Å². The van der Waals surface area contributed by atoms with Crippen LogP contribution < -0.4 is 0 Å². The van der Waals surface area contributed by atoms with Gasteiger partial charge in [-0.15, -0.1) is 0 Å². The monoisotopic (exact) mass is 210 g/mol. The second-order valence-electron chi connectivity index (χ2n) is 3.09. The van der Waals surface area contributed by atoms with E-state index in [0.717, 1.165) is 29.0 Å². The summed E-state index contributed by atoms with van der Waals surface area (Å²) in [6, 6.07) is 4.61. The lowest BCUT2D eigenvalue weighted by atomic mass is 10.3. The van der Waals surface area contributed by atoms with Crippen LogP contribution in [0.25, 0.3) is 11.0 Å². The molecule has 0 unspecified atom stereocenters. The molecule has 1 N–H and O–H groups in total. The molecule has 0 aliphatic carbocycles. The summed E-state index contributed by atoms with van der Waals surface area (Å²) in [5.41, 5.74) is 1.61. The molecule has 74 valence electrons. The van der Waals surface area contributed by atoms with Gasteiger partial charge in [0, 0.05) is 12.2 Å². The fourth-order valence-corrected chi connectivity index (χ4v) is 1.75. The molecule has 2 rings (SSSR count). The quantitative estimate of drug-likeness (QED) is 0.843. The van der Waals surface area contributed by atoms with Crippen LogP contribution in [-0.2, 0) is 6.42 Å². The van der Waals surface area contributed by atoms with Gasteiger partial charge in [0.25, 0.3) is 0 Å². The van der Waals surface area contributed by atoms with Crippen LogP contribution in [-0.4, -0.2) is 22.0 Å². The largest absolute Gasteiger partial charge is 0.342 e. The van der Waals surface area contributed by atoms with Crippen LogP contribution in [0.3, 0.4) is 0 Å². The molecule has 14 heavy (non-hydrogen) atoms. The van der Waals surface area contributed by atoms with Gasteiger partial charge < -0.3 is 4.98 Å². The standard InChI is InChI=1S/C10H11FN2S/c1-14-5-4-10-12-8-3-2-7(11)6-9(8)13-10/h2-3,6H,4-5H2,1H3,(H,12,13). The first-order chi connectivity index (χ1) is 6.79. The molecule has 2 nitrogen and oxygen atoms in total. The average molecular weight is 210 g/mol. The van der Waals surface area contributed by atoms with Crippen molar-refractivity contribution in [3.8, 4) is 0 Å². The van der Waals surface area contributed by atoms with Crippen LogP contribution in [0.15, 0.2) is 18.2 Å². The summed E-state index contributed by atoms with van der Waals surface area (Å²) in [4.78, 5) is 7.46. The zero-order chi connectivity index (χ0) is 9.97. The predicted molar refractivity (Wildman–Crippen MR) is 58.1 cm³/mol. The Morgan fingerprint density at radius 3 is 3.14 bits per heavy atom. The van der Waals surface area contributed by atoms with Gasteiger partial charge in [-0.2, -0.15) is 11.8 Å². The van der Waals surface area contributed by atoms with E-state index in [9.17, 15) is 4.39 Å². The Morgan fingerprint density at radius 1 is 1.50 bits per heavy atom. The van der Waals surface area contributed by atoms with Crippen molar-refractivity contribution in [1.82, 2.24) is 9.97 Å². The fraction of sp³-hybridized carbons (Fsp3) is 0.300. The first kappa shape index (κ1) is 9.52. The molecule has 2 aromatic rings. The van der Waals surface area contributed by atoms with Gasteiger partial charge in [0.15, 0.2) is 0 Å². The maximum absolute atomic E-state index is 12.8. The number of nitrogens with zero attached hydrogens (tertiary/aromatic N) is 1. The topological polar surface area (TPSA) is 28.7 Å². The molecular weight excluding hydrogens is 199 g/mol. The number of halogens is 1. The molecule has 0 saturated carbocycles. The molecule has 0 aliphatic rings. The zero-order valence-electron chi connectivity index (χ0n) is 7.88. The summed E-state index contributed by atoms with van der Waals surface area (Å²) in [6.07, 6.45) is 2.96. The lowest BCUT2D eigenvalue weighted by molar-refractivity contribution is 0.629. The highest BCUT2D eigenvalue weighted by molar-refractivity contribution is 7.98. The lowest BCUT2D eigenvalue weighted by Gasteiger charge is -1.90. The van der Waals surface area contributed by atoms with Crippen molar-refractivity contribution < 1.29 is 4.39 Å². The number of benzene rings is 1. The normalized spacial score (nSPS) is 11.0. The van der Waals surface area contributed by atoms with E-state index >= 15 is 0 Å². The van der Waals surface area contributed by atoms with Crippen molar-refractivity contribution in [2.45, 2.75) is 6.42 Å². The van der Waals surface area contributed by atoms with Gasteiger partial charge in [-0.05, 0) is 24.5 Å². The summed E-state index contributed by atoms with van der Waals surface area (Å²) >= 11 is 1.78. The average Bonchev–Trinajstić information content (AvgIpc) is 2.56. The Morgan fingerprint density at radius 2 is 2.36 bits per heavy atom. The molecule has 4 heteroatoms. The van der Waals surface area contributed by atoms with E-state index in [0.29, 0.717) is 0 Å². The number of H-pyrrole nitrogens is 1. The molecule has 0 atom stereocenters. The number of fused-ring (bicyclic) bond motifs is 1. The van der Waals surface area contributed by atoms with E-state index in [-0.39, 0.29) is 5.82 Å². The number of aryl methyl sites for hydroxylation is 1. The molecule has 0 aliphatic heterocycles. The molecule has 0 amide bonds. The van der Waals surface area contributed by atoms with Gasteiger partial charge in [-0.25, -0.2) is 9.37 Å². The molecule has 1 aromatic carbocycles. The van der Waals surface area contributed by atoms with E-state index in [1.54, 1.807) is 17.8 Å². The Labute approximate surface area is 85.9 Å². The molecule has 0 fully saturated rings. The zero-order valence-corrected chi connectivity index (χ0v) is 8.70. The Bertz CT molecular complexity index is 439. The number of imidazole rings is 1. The van der Waals surface area contributed by atoms with E-state index < -0.39 is 0 Å². The molecule has 0 radical (unpaired) electrons. The highest BCUT2D eigenvalue weighted by Gasteiger charge is 2.02. The van der Waals surface area contributed by atoms with E-state index in [1.807, 2.05) is 0 Å². The number of thioether (sulfide) groups is 1. The molecule has 0 spiro atoms. The highest BCUT2D eigenvalue weighted by atomic mass is 32.2. The minimum atomic E-state index is -0.224. The lowest BCUT2D eigenvalue weighted by Crippen LogP contribution is -1.89. The molecule has 1 aromatic heterocycles. The first-order valence-corrected chi connectivity index (χ1v) is 5.82. The van der Waals surface area contributed by atoms with E-state index in [2.05, 4.69) is 16.2 Å². The minimum Gasteiger partial charge on any atom is -0.342 e. The van der Waals surface area contributed by atoms with E-state index in [4.69, 9.17) is 0 Å². The summed E-state index contributed by atoms with van der Waals surface area (Å²) in [6.45, 7) is 0. The van der Waals surface area contributed by atoms with Gasteiger partial charge in [-0.3, -0.25) is 0 Å². The van der Waals surface area contributed by atoms with Gasteiger partial charge in [0.1, 0.15) is 11.6 Å². The molecule has 0 bridgehead atoms. The Hall–Kier alpha value is -1.03. The number of hydrogen-bond donors (Lipinski definition) is 1. The first-order valence-electron chi connectivity index (χ1n) is 4.42. The SMILES string of the molecule is CSCCc1nc2ccc(F)cc2[nH]1. The molecule has 0 saturated heterocycles. The summed E-state index contributed by atoms with van der Waals surface area (Å²) < 4.78 is 12.8. The van der Waals surface area contributed by atoms with Crippen molar-refractivity contribution in [3.63, 3.8) is 0 Å². The number of nitrogens with one attached hydrogen (secondary N) is 1. The third-order valence-corrected chi connectivity index (χ3v) is 2.65. The molecule has 1 heterocycles. The number of hydrogen-bond acceptors (Lipinski definition) is 2. The smallest absolute Gasteiger partial charge is 0.125 e. The van der Waals surface area contributed by atoms with Crippen LogP contribution >= 0.6 is 11.8 Å². The van der Waals surface area contributed by atoms with Crippen LogP contribution in [0.4, 0.5) is 4.39 Å². The van der Waals surface area contributed by atoms with Gasteiger partial charge >= 0.3 is 0 Å². The van der Waals surface area contributed by atoms with Gasteiger partial charge in [-0.1, -0.05) is 0 Å². The van der Waals surface area contributed by atoms with Crippen molar-refractivity contribution in [2.24, 2.45) is 0 Å². The summed E-state index contributed by atoms with van der Waals surface area (Å²) in [5, 5.41) is 0. The minimum absolute atomic E-state index is 0.224. The Balaban J connectivity index is 2.32. The second-order valence-corrected chi connectivity index (χ2v) is 4.07. The maximum Gasteiger partial charge on any atom is 0.125 e. The van der Waals surface area contributed by atoms with E-state index in [1.165, 1.54) is 12.1 Å². The van der Waals surface area contributed by atoms with Gasteiger partial charge in [0.2, 0.25) is 0 Å². The van der Waals surface area contributed by atoms with Crippen molar-refractivity contribution in [3.05, 3.63) is 29.8 Å². The fourth-order valence-electron chi connectivity index (χ4n) is 1.35. The number of aromatic nitrogens is 2. The summed E-state index contributed by atoms with van der Waals surface area (Å²) in [5.74, 6) is 1.74. The highest BCUT2D eigenvalue weighted by Crippen LogP contribution is 2.13. The maximum atomic E-state index is 12.8. The van der Waals surface area contributed by atoms with Crippen LogP contribution in [0.5, 0.6) is 0 Å². The van der Waals surface area contributed by atoms with Gasteiger partial charge in [0.05, 0.1) is 11.0 Å². The molecular formula is C10H11FN2S. The van der Waals surface area contributed by atoms with Crippen molar-refractivity contribution >= 4 is 22.8 Å². The second kappa shape index (κ2) is 4.00. The number of aromatic amines is 1. The predicted octanol–water partition coefficient (Wildman–Crippen LogP) is 2.61. The van der Waals surface area contributed by atoms with Crippen LogP contribution in [0.1, 0.15) is 5.82 Å². The third kappa shape index (κ3) is 1.90. The summed E-state index contributed by atoms with van der Waals surface area (Å²) in [7, 11) is 0.